The minimum absolute atomic E-state index is 0.0769. The Morgan fingerprint density at radius 3 is 1.90 bits per heavy atom. The molecule has 21 heavy (non-hydrogen) atoms. The van der Waals surface area contributed by atoms with E-state index in [1.54, 1.807) is 0 Å². The van der Waals surface area contributed by atoms with Crippen molar-refractivity contribution in [3.05, 3.63) is 29.8 Å². The molecule has 0 bridgehead atoms. The molecule has 0 radical (unpaired) electrons. The van der Waals surface area contributed by atoms with Crippen LogP contribution < -0.4 is 0 Å². The number of Topliss-reactive ketones (excluding diaryl/α,β-unsaturated/α-hetero) is 2. The molecule has 1 aromatic carbocycles. The zero-order valence-corrected chi connectivity index (χ0v) is 13.0. The first-order valence-corrected chi connectivity index (χ1v) is 8.31. The maximum Gasteiger partial charge on any atom is 0.178 e. The summed E-state index contributed by atoms with van der Waals surface area (Å²) in [5, 5.41) is 8.95. The van der Waals surface area contributed by atoms with E-state index in [0.717, 1.165) is 0 Å². The maximum absolute atomic E-state index is 12.3. The van der Waals surface area contributed by atoms with Gasteiger partial charge in [0.2, 0.25) is 0 Å². The SMILES string of the molecule is CC(=O)CC(CC(C)=O)CS(=O)(=O)c1ccc(CO)cc1. The fraction of sp³-hybridized carbons (Fsp3) is 0.467. The van der Waals surface area contributed by atoms with Crippen molar-refractivity contribution >= 4 is 21.4 Å². The summed E-state index contributed by atoms with van der Waals surface area (Å²) in [6.07, 6.45) is 0.154. The molecule has 0 amide bonds. The van der Waals surface area contributed by atoms with Gasteiger partial charge in [-0.1, -0.05) is 12.1 Å². The normalized spacial score (nSPS) is 11.6. The van der Waals surface area contributed by atoms with Crippen LogP contribution in [0.2, 0.25) is 0 Å². The molecule has 0 aliphatic rings. The molecule has 1 N–H and O–H groups in total. The van der Waals surface area contributed by atoms with E-state index in [9.17, 15) is 18.0 Å². The first-order valence-electron chi connectivity index (χ1n) is 6.66. The number of aliphatic hydroxyl groups is 1. The van der Waals surface area contributed by atoms with Crippen LogP contribution in [0, 0.1) is 5.92 Å². The van der Waals surface area contributed by atoms with E-state index in [-0.39, 0.29) is 41.7 Å². The standard InChI is InChI=1S/C15H20O5S/c1-11(17)7-14(8-12(2)18)10-21(19,20)15-5-3-13(9-16)4-6-15/h3-6,14,16H,7-10H2,1-2H3. The number of ketones is 2. The van der Waals surface area contributed by atoms with Gasteiger partial charge in [-0.25, -0.2) is 8.42 Å². The lowest BCUT2D eigenvalue weighted by atomic mass is 9.99. The van der Waals surface area contributed by atoms with Gasteiger partial charge in [0.15, 0.2) is 9.84 Å². The van der Waals surface area contributed by atoms with Gasteiger partial charge in [-0.05, 0) is 37.5 Å². The minimum atomic E-state index is -3.56. The molecular formula is C15H20O5S. The number of hydrogen-bond acceptors (Lipinski definition) is 5. The number of carbonyl (C=O) groups excluding carboxylic acids is 2. The van der Waals surface area contributed by atoms with Gasteiger partial charge in [-0.2, -0.15) is 0 Å². The number of rotatable bonds is 8. The van der Waals surface area contributed by atoms with Gasteiger partial charge in [-0.15, -0.1) is 0 Å². The van der Waals surface area contributed by atoms with E-state index in [4.69, 9.17) is 5.11 Å². The molecule has 0 heterocycles. The molecule has 5 nitrogen and oxygen atoms in total. The van der Waals surface area contributed by atoms with Gasteiger partial charge in [0.25, 0.3) is 0 Å². The molecule has 0 fully saturated rings. The van der Waals surface area contributed by atoms with Gasteiger partial charge in [0.05, 0.1) is 17.3 Å². The molecule has 0 saturated heterocycles. The molecule has 6 heteroatoms. The van der Waals surface area contributed by atoms with Crippen LogP contribution in [0.5, 0.6) is 0 Å². The van der Waals surface area contributed by atoms with E-state index in [1.807, 2.05) is 0 Å². The second-order valence-electron chi connectivity index (χ2n) is 5.26. The molecule has 0 aliphatic carbocycles. The number of carbonyl (C=O) groups is 2. The number of hydrogen-bond donors (Lipinski definition) is 1. The third kappa shape index (κ3) is 5.77. The largest absolute Gasteiger partial charge is 0.392 e. The number of benzene rings is 1. The van der Waals surface area contributed by atoms with Crippen LogP contribution >= 0.6 is 0 Å². The monoisotopic (exact) mass is 312 g/mol. The smallest absolute Gasteiger partial charge is 0.178 e. The molecule has 0 aliphatic heterocycles. The number of sulfone groups is 1. The van der Waals surface area contributed by atoms with Crippen molar-refractivity contribution in [2.75, 3.05) is 5.75 Å². The predicted molar refractivity (Wildman–Crippen MR) is 78.5 cm³/mol. The quantitative estimate of drug-likeness (QED) is 0.786. The Bertz CT molecular complexity index is 585. The summed E-state index contributed by atoms with van der Waals surface area (Å²) in [7, 11) is -3.56. The average molecular weight is 312 g/mol. The van der Waals surface area contributed by atoms with Crippen LogP contribution in [0.4, 0.5) is 0 Å². The van der Waals surface area contributed by atoms with E-state index in [0.29, 0.717) is 5.56 Å². The van der Waals surface area contributed by atoms with Crippen LogP contribution in [0.3, 0.4) is 0 Å². The van der Waals surface area contributed by atoms with Gasteiger partial charge in [0, 0.05) is 12.8 Å². The van der Waals surface area contributed by atoms with Crippen molar-refractivity contribution in [3.63, 3.8) is 0 Å². The van der Waals surface area contributed by atoms with Crippen LogP contribution in [-0.2, 0) is 26.0 Å². The molecule has 0 atom stereocenters. The van der Waals surface area contributed by atoms with Crippen molar-refractivity contribution in [2.24, 2.45) is 5.92 Å². The van der Waals surface area contributed by atoms with E-state index < -0.39 is 15.8 Å². The predicted octanol–water partition coefficient (Wildman–Crippen LogP) is 1.53. The Morgan fingerprint density at radius 1 is 1.05 bits per heavy atom. The van der Waals surface area contributed by atoms with E-state index >= 15 is 0 Å². The zero-order valence-electron chi connectivity index (χ0n) is 12.2. The van der Waals surface area contributed by atoms with Crippen molar-refractivity contribution in [2.45, 2.75) is 38.2 Å². The van der Waals surface area contributed by atoms with E-state index in [2.05, 4.69) is 0 Å². The zero-order chi connectivity index (χ0) is 16.0. The molecule has 0 aromatic heterocycles. The Morgan fingerprint density at radius 2 is 1.52 bits per heavy atom. The Labute approximate surface area is 124 Å². The van der Waals surface area contributed by atoms with Crippen LogP contribution in [0.15, 0.2) is 29.2 Å². The van der Waals surface area contributed by atoms with Crippen molar-refractivity contribution < 1.29 is 23.1 Å². The lowest BCUT2D eigenvalue weighted by molar-refractivity contribution is -0.119. The molecule has 0 spiro atoms. The van der Waals surface area contributed by atoms with E-state index in [1.165, 1.54) is 38.1 Å². The lowest BCUT2D eigenvalue weighted by Gasteiger charge is -2.14. The summed E-state index contributed by atoms with van der Waals surface area (Å²) < 4.78 is 24.6. The first kappa shape index (κ1) is 17.5. The van der Waals surface area contributed by atoms with Crippen molar-refractivity contribution in [1.82, 2.24) is 0 Å². The lowest BCUT2D eigenvalue weighted by Crippen LogP contribution is -2.21. The summed E-state index contributed by atoms with van der Waals surface area (Å²) in [5.41, 5.74) is 0.623. The minimum Gasteiger partial charge on any atom is -0.392 e. The summed E-state index contributed by atoms with van der Waals surface area (Å²) in [6, 6.07) is 5.94. The molecule has 1 rings (SSSR count). The highest BCUT2D eigenvalue weighted by molar-refractivity contribution is 7.91. The third-order valence-corrected chi connectivity index (χ3v) is 4.97. The van der Waals surface area contributed by atoms with Gasteiger partial charge < -0.3 is 14.7 Å². The van der Waals surface area contributed by atoms with Crippen molar-refractivity contribution in [3.8, 4) is 0 Å². The van der Waals surface area contributed by atoms with Gasteiger partial charge >= 0.3 is 0 Å². The Balaban J connectivity index is 2.93. The molecular weight excluding hydrogens is 292 g/mol. The van der Waals surface area contributed by atoms with Crippen LogP contribution in [0.25, 0.3) is 0 Å². The Hall–Kier alpha value is -1.53. The van der Waals surface area contributed by atoms with Gasteiger partial charge in [-0.3, -0.25) is 0 Å². The molecule has 0 saturated carbocycles. The highest BCUT2D eigenvalue weighted by Crippen LogP contribution is 2.20. The molecule has 116 valence electrons. The third-order valence-electron chi connectivity index (χ3n) is 3.07. The highest BCUT2D eigenvalue weighted by Gasteiger charge is 2.23. The average Bonchev–Trinajstić information content (AvgIpc) is 2.36. The fourth-order valence-electron chi connectivity index (χ4n) is 2.21. The van der Waals surface area contributed by atoms with Crippen molar-refractivity contribution in [1.29, 1.82) is 0 Å². The summed E-state index contributed by atoms with van der Waals surface area (Å²) in [4.78, 5) is 22.6. The highest BCUT2D eigenvalue weighted by atomic mass is 32.2. The second-order valence-corrected chi connectivity index (χ2v) is 7.30. The summed E-state index contributed by atoms with van der Waals surface area (Å²) in [5.74, 6) is -0.994. The summed E-state index contributed by atoms with van der Waals surface area (Å²) >= 11 is 0. The van der Waals surface area contributed by atoms with Crippen LogP contribution in [-0.4, -0.2) is 30.8 Å². The fourth-order valence-corrected chi connectivity index (χ4v) is 3.81. The number of aliphatic hydroxyl groups excluding tert-OH is 1. The molecule has 1 aromatic rings. The van der Waals surface area contributed by atoms with Gasteiger partial charge in [0.1, 0.15) is 11.6 Å². The topological polar surface area (TPSA) is 88.5 Å². The second kappa shape index (κ2) is 7.47. The maximum atomic E-state index is 12.3. The Kier molecular flexibility index (Phi) is 6.23. The summed E-state index contributed by atoms with van der Waals surface area (Å²) in [6.45, 7) is 2.61. The van der Waals surface area contributed by atoms with Crippen LogP contribution in [0.1, 0.15) is 32.3 Å². The first-order chi connectivity index (χ1) is 9.74. The molecule has 0 unspecified atom stereocenters.